The van der Waals surface area contributed by atoms with Gasteiger partial charge in [-0.25, -0.2) is 4.39 Å². The Bertz CT molecular complexity index is 409. The van der Waals surface area contributed by atoms with Gasteiger partial charge < -0.3 is 15.1 Å². The van der Waals surface area contributed by atoms with Crippen molar-refractivity contribution in [1.82, 2.24) is 4.90 Å². The van der Waals surface area contributed by atoms with Crippen LogP contribution in [-0.4, -0.2) is 41.2 Å². The summed E-state index contributed by atoms with van der Waals surface area (Å²) in [6.45, 7) is 0.687. The molecule has 0 saturated carbocycles. The van der Waals surface area contributed by atoms with Gasteiger partial charge in [0.2, 0.25) is 0 Å². The third-order valence-electron chi connectivity index (χ3n) is 2.69. The number of aliphatic hydroxyl groups excluding tert-OH is 1. The zero-order valence-electron chi connectivity index (χ0n) is 10.4. The molecular formula is C13H18FNO3. The van der Waals surface area contributed by atoms with E-state index in [4.69, 9.17) is 5.11 Å². The number of hydrogen-bond donors (Lipinski definition) is 2. The Kier molecular flexibility index (Phi) is 5.58. The van der Waals surface area contributed by atoms with Crippen molar-refractivity contribution >= 4 is 5.91 Å². The molecule has 4 nitrogen and oxygen atoms in total. The van der Waals surface area contributed by atoms with Crippen LogP contribution in [0.1, 0.15) is 29.6 Å². The van der Waals surface area contributed by atoms with Gasteiger partial charge in [-0.15, -0.1) is 0 Å². The minimum atomic E-state index is -0.574. The van der Waals surface area contributed by atoms with Gasteiger partial charge in [0.05, 0.1) is 5.56 Å². The van der Waals surface area contributed by atoms with Crippen LogP contribution in [0.5, 0.6) is 5.75 Å². The van der Waals surface area contributed by atoms with E-state index in [9.17, 15) is 14.3 Å². The second kappa shape index (κ2) is 6.96. The maximum Gasteiger partial charge on any atom is 0.257 e. The Morgan fingerprint density at radius 2 is 2.06 bits per heavy atom. The molecule has 0 atom stereocenters. The topological polar surface area (TPSA) is 60.8 Å². The zero-order valence-corrected chi connectivity index (χ0v) is 10.4. The van der Waals surface area contributed by atoms with E-state index < -0.39 is 5.82 Å². The van der Waals surface area contributed by atoms with Gasteiger partial charge in [-0.3, -0.25) is 4.79 Å². The zero-order chi connectivity index (χ0) is 13.5. The van der Waals surface area contributed by atoms with Gasteiger partial charge in [0, 0.05) is 26.3 Å². The molecule has 2 N–H and O–H groups in total. The van der Waals surface area contributed by atoms with Gasteiger partial charge in [0.25, 0.3) is 5.91 Å². The van der Waals surface area contributed by atoms with Crippen LogP contribution in [-0.2, 0) is 0 Å². The molecule has 1 amide bonds. The van der Waals surface area contributed by atoms with Crippen molar-refractivity contribution in [3.8, 4) is 5.75 Å². The lowest BCUT2D eigenvalue weighted by Gasteiger charge is -2.17. The van der Waals surface area contributed by atoms with Crippen LogP contribution in [0, 0.1) is 5.82 Å². The summed E-state index contributed by atoms with van der Waals surface area (Å²) in [5, 5.41) is 18.1. The molecule has 0 aromatic heterocycles. The number of aromatic hydroxyl groups is 1. The van der Waals surface area contributed by atoms with E-state index in [2.05, 4.69) is 0 Å². The standard InChI is InChI=1S/C13H18FNO3/c1-15(7-3-2-4-8-16)13(18)11-6-5-10(14)9-12(11)17/h5-6,9,16-17H,2-4,7-8H2,1H3. The maximum atomic E-state index is 12.8. The number of rotatable bonds is 6. The summed E-state index contributed by atoms with van der Waals surface area (Å²) in [4.78, 5) is 13.4. The van der Waals surface area contributed by atoms with E-state index >= 15 is 0 Å². The molecule has 0 aliphatic heterocycles. The number of halogens is 1. The molecule has 0 radical (unpaired) electrons. The van der Waals surface area contributed by atoms with Crippen LogP contribution in [0.25, 0.3) is 0 Å². The first-order valence-electron chi connectivity index (χ1n) is 5.91. The summed E-state index contributed by atoms with van der Waals surface area (Å²) >= 11 is 0. The van der Waals surface area contributed by atoms with Gasteiger partial charge >= 0.3 is 0 Å². The van der Waals surface area contributed by atoms with E-state index in [1.807, 2.05) is 0 Å². The van der Waals surface area contributed by atoms with E-state index in [1.165, 1.54) is 11.0 Å². The Hall–Kier alpha value is -1.62. The Balaban J connectivity index is 2.57. The molecule has 0 heterocycles. The molecule has 18 heavy (non-hydrogen) atoms. The molecule has 1 aromatic rings. The number of aliphatic hydroxyl groups is 1. The smallest absolute Gasteiger partial charge is 0.257 e. The van der Waals surface area contributed by atoms with E-state index in [-0.39, 0.29) is 23.8 Å². The fraction of sp³-hybridized carbons (Fsp3) is 0.462. The first kappa shape index (κ1) is 14.4. The average molecular weight is 255 g/mol. The van der Waals surface area contributed by atoms with Crippen LogP contribution in [0.2, 0.25) is 0 Å². The molecule has 1 aromatic carbocycles. The quantitative estimate of drug-likeness (QED) is 0.761. The predicted octanol–water partition coefficient (Wildman–Crippen LogP) is 1.77. The number of nitrogens with zero attached hydrogens (tertiary/aromatic N) is 1. The highest BCUT2D eigenvalue weighted by atomic mass is 19.1. The number of phenols is 1. The summed E-state index contributed by atoms with van der Waals surface area (Å²) in [6.07, 6.45) is 2.33. The first-order chi connectivity index (χ1) is 8.56. The Labute approximate surface area is 106 Å². The summed E-state index contributed by atoms with van der Waals surface area (Å²) in [6, 6.07) is 3.34. The highest BCUT2D eigenvalue weighted by Gasteiger charge is 2.15. The van der Waals surface area contributed by atoms with E-state index in [0.29, 0.717) is 13.0 Å². The van der Waals surface area contributed by atoms with Crippen LogP contribution >= 0.6 is 0 Å². The van der Waals surface area contributed by atoms with Gasteiger partial charge in [0.15, 0.2) is 0 Å². The summed E-state index contributed by atoms with van der Waals surface area (Å²) in [5.41, 5.74) is 0.0982. The lowest BCUT2D eigenvalue weighted by molar-refractivity contribution is 0.0789. The normalized spacial score (nSPS) is 10.4. The number of carbonyl (C=O) groups excluding carboxylic acids is 1. The molecule has 5 heteroatoms. The molecule has 0 aliphatic carbocycles. The molecule has 0 fully saturated rings. The first-order valence-corrected chi connectivity index (χ1v) is 5.91. The van der Waals surface area contributed by atoms with Crippen LogP contribution < -0.4 is 0 Å². The van der Waals surface area contributed by atoms with Crippen LogP contribution in [0.3, 0.4) is 0 Å². The molecule has 0 saturated heterocycles. The molecule has 0 unspecified atom stereocenters. The van der Waals surface area contributed by atoms with Crippen molar-refractivity contribution < 1.29 is 19.4 Å². The molecule has 0 bridgehead atoms. The maximum absolute atomic E-state index is 12.8. The summed E-state index contributed by atoms with van der Waals surface area (Å²) < 4.78 is 12.8. The fourth-order valence-corrected chi connectivity index (χ4v) is 1.63. The van der Waals surface area contributed by atoms with Crippen LogP contribution in [0.15, 0.2) is 18.2 Å². The van der Waals surface area contributed by atoms with Gasteiger partial charge in [-0.1, -0.05) is 0 Å². The van der Waals surface area contributed by atoms with Crippen molar-refractivity contribution in [2.24, 2.45) is 0 Å². The third-order valence-corrected chi connectivity index (χ3v) is 2.69. The largest absolute Gasteiger partial charge is 0.507 e. The van der Waals surface area contributed by atoms with Crippen LogP contribution in [0.4, 0.5) is 4.39 Å². The lowest BCUT2D eigenvalue weighted by atomic mass is 10.1. The SMILES string of the molecule is CN(CCCCCO)C(=O)c1ccc(F)cc1O. The minimum Gasteiger partial charge on any atom is -0.507 e. The molecule has 100 valence electrons. The second-order valence-corrected chi connectivity index (χ2v) is 4.17. The average Bonchev–Trinajstić information content (AvgIpc) is 2.33. The number of carbonyl (C=O) groups is 1. The van der Waals surface area contributed by atoms with Crippen molar-refractivity contribution in [3.63, 3.8) is 0 Å². The molecular weight excluding hydrogens is 237 g/mol. The highest BCUT2D eigenvalue weighted by Crippen LogP contribution is 2.19. The molecule has 0 aliphatic rings. The predicted molar refractivity (Wildman–Crippen MR) is 66.0 cm³/mol. The van der Waals surface area contributed by atoms with Crippen molar-refractivity contribution in [3.05, 3.63) is 29.6 Å². The van der Waals surface area contributed by atoms with Gasteiger partial charge in [-0.2, -0.15) is 0 Å². The van der Waals surface area contributed by atoms with Crippen molar-refractivity contribution in [2.75, 3.05) is 20.2 Å². The lowest BCUT2D eigenvalue weighted by Crippen LogP contribution is -2.27. The second-order valence-electron chi connectivity index (χ2n) is 4.17. The Morgan fingerprint density at radius 3 is 2.67 bits per heavy atom. The van der Waals surface area contributed by atoms with Gasteiger partial charge in [-0.05, 0) is 31.4 Å². The minimum absolute atomic E-state index is 0.0982. The number of unbranched alkanes of at least 4 members (excludes halogenated alkanes) is 2. The summed E-state index contributed by atoms with van der Waals surface area (Å²) in [7, 11) is 1.63. The number of amides is 1. The van der Waals surface area contributed by atoms with E-state index in [1.54, 1.807) is 7.05 Å². The Morgan fingerprint density at radius 1 is 1.33 bits per heavy atom. The fourth-order valence-electron chi connectivity index (χ4n) is 1.63. The van der Waals surface area contributed by atoms with Crippen molar-refractivity contribution in [1.29, 1.82) is 0 Å². The molecule has 1 rings (SSSR count). The molecule has 0 spiro atoms. The van der Waals surface area contributed by atoms with Crippen molar-refractivity contribution in [2.45, 2.75) is 19.3 Å². The monoisotopic (exact) mass is 255 g/mol. The highest BCUT2D eigenvalue weighted by molar-refractivity contribution is 5.96. The number of benzene rings is 1. The third kappa shape index (κ3) is 4.00. The summed E-state index contributed by atoms with van der Waals surface area (Å²) in [5.74, 6) is -1.26. The number of phenolic OH excluding ortho intramolecular Hbond substituents is 1. The van der Waals surface area contributed by atoms with Gasteiger partial charge in [0.1, 0.15) is 11.6 Å². The number of hydrogen-bond acceptors (Lipinski definition) is 3. The van der Waals surface area contributed by atoms with E-state index in [0.717, 1.165) is 25.0 Å².